The second kappa shape index (κ2) is 9.66. The lowest BCUT2D eigenvalue weighted by molar-refractivity contribution is -0.127. The highest BCUT2D eigenvalue weighted by molar-refractivity contribution is 6.04. The van der Waals surface area contributed by atoms with Crippen LogP contribution in [0.2, 0.25) is 0 Å². The monoisotopic (exact) mass is 405 g/mol. The normalized spacial score (nSPS) is 15.2. The molecule has 0 atom stereocenters. The smallest absolute Gasteiger partial charge is 0.255 e. The second-order valence-electron chi connectivity index (χ2n) is 7.06. The molecule has 3 rings (SSSR count). The van der Waals surface area contributed by atoms with Gasteiger partial charge < -0.3 is 16.4 Å². The van der Waals surface area contributed by atoms with Gasteiger partial charge in [0.25, 0.3) is 5.91 Å². The van der Waals surface area contributed by atoms with Crippen LogP contribution in [0, 0.1) is 5.82 Å². The van der Waals surface area contributed by atoms with E-state index in [0.717, 1.165) is 37.7 Å². The Morgan fingerprint density at radius 3 is 2.18 bits per heavy atom. The molecule has 2 aromatic rings. The van der Waals surface area contributed by atoms with Crippen LogP contribution in [0.3, 0.4) is 0 Å². The summed E-state index contributed by atoms with van der Waals surface area (Å²) in [5, 5.41) is 5.61. The van der Waals surface area contributed by atoms with Gasteiger partial charge in [0.05, 0.1) is 5.54 Å². The third-order valence-corrected chi connectivity index (χ3v) is 4.97. The van der Waals surface area contributed by atoms with Gasteiger partial charge in [0.1, 0.15) is 5.82 Å². The van der Waals surface area contributed by atoms with E-state index < -0.39 is 5.54 Å². The summed E-state index contributed by atoms with van der Waals surface area (Å²) < 4.78 is 12.9. The maximum Gasteiger partial charge on any atom is 0.255 e. The lowest BCUT2D eigenvalue weighted by Crippen LogP contribution is -2.54. The second-order valence-corrected chi connectivity index (χ2v) is 7.06. The predicted octanol–water partition coefficient (Wildman–Crippen LogP) is 3.78. The number of amides is 2. The maximum atomic E-state index is 12.9. The van der Waals surface area contributed by atoms with Gasteiger partial charge in [-0.15, -0.1) is 12.4 Å². The number of anilines is 1. The van der Waals surface area contributed by atoms with E-state index in [4.69, 9.17) is 5.73 Å². The highest BCUT2D eigenvalue weighted by Gasteiger charge is 2.34. The summed E-state index contributed by atoms with van der Waals surface area (Å²) in [7, 11) is 0. The Labute approximate surface area is 170 Å². The van der Waals surface area contributed by atoms with E-state index in [0.29, 0.717) is 17.8 Å². The third-order valence-electron chi connectivity index (χ3n) is 4.97. The first-order chi connectivity index (χ1) is 13.0. The van der Waals surface area contributed by atoms with Crippen LogP contribution in [0.5, 0.6) is 0 Å². The molecule has 0 heterocycles. The van der Waals surface area contributed by atoms with Crippen molar-refractivity contribution in [3.8, 4) is 0 Å². The van der Waals surface area contributed by atoms with Gasteiger partial charge in [-0.05, 0) is 54.8 Å². The molecule has 28 heavy (non-hydrogen) atoms. The zero-order chi connectivity index (χ0) is 19.3. The summed E-state index contributed by atoms with van der Waals surface area (Å²) in [6.07, 6.45) is 4.56. The third kappa shape index (κ3) is 5.53. The van der Waals surface area contributed by atoms with Crippen molar-refractivity contribution in [3.63, 3.8) is 0 Å². The lowest BCUT2D eigenvalue weighted by atomic mass is 9.82. The Morgan fingerprint density at radius 1 is 0.964 bits per heavy atom. The molecule has 7 heteroatoms. The van der Waals surface area contributed by atoms with Gasteiger partial charge in [-0.3, -0.25) is 9.59 Å². The quantitative estimate of drug-likeness (QED) is 0.707. The fourth-order valence-corrected chi connectivity index (χ4v) is 3.28. The van der Waals surface area contributed by atoms with Crippen molar-refractivity contribution in [2.45, 2.75) is 44.2 Å². The van der Waals surface area contributed by atoms with Gasteiger partial charge in [-0.1, -0.05) is 31.4 Å². The van der Waals surface area contributed by atoms with Crippen molar-refractivity contribution < 1.29 is 14.0 Å². The topological polar surface area (TPSA) is 84.2 Å². The summed E-state index contributed by atoms with van der Waals surface area (Å²) >= 11 is 0. The van der Waals surface area contributed by atoms with E-state index in [1.54, 1.807) is 24.3 Å². The zero-order valence-corrected chi connectivity index (χ0v) is 16.4. The molecule has 0 aliphatic heterocycles. The number of carbonyl (C=O) groups excluding carboxylic acids is 2. The molecule has 0 bridgehead atoms. The molecule has 150 valence electrons. The van der Waals surface area contributed by atoms with E-state index >= 15 is 0 Å². The van der Waals surface area contributed by atoms with Crippen LogP contribution in [0.15, 0.2) is 48.5 Å². The van der Waals surface area contributed by atoms with Gasteiger partial charge in [0, 0.05) is 17.8 Å². The van der Waals surface area contributed by atoms with Crippen molar-refractivity contribution >= 4 is 29.9 Å². The van der Waals surface area contributed by atoms with Gasteiger partial charge in [0.2, 0.25) is 5.91 Å². The number of halogens is 2. The first-order valence-corrected chi connectivity index (χ1v) is 9.19. The number of nitrogens with one attached hydrogen (secondary N) is 2. The number of hydrogen-bond donors (Lipinski definition) is 3. The Kier molecular flexibility index (Phi) is 7.54. The van der Waals surface area contributed by atoms with Gasteiger partial charge in [-0.25, -0.2) is 4.39 Å². The number of nitrogens with two attached hydrogens (primary N) is 1. The van der Waals surface area contributed by atoms with Gasteiger partial charge in [-0.2, -0.15) is 0 Å². The predicted molar refractivity (Wildman–Crippen MR) is 110 cm³/mol. The molecule has 0 spiro atoms. The summed E-state index contributed by atoms with van der Waals surface area (Å²) in [5.41, 5.74) is 7.37. The van der Waals surface area contributed by atoms with Crippen LogP contribution in [0.1, 0.15) is 48.0 Å². The van der Waals surface area contributed by atoms with Crippen LogP contribution in [0.4, 0.5) is 10.1 Å². The van der Waals surface area contributed by atoms with Crippen molar-refractivity contribution in [1.29, 1.82) is 0 Å². The summed E-state index contributed by atoms with van der Waals surface area (Å²) in [5.74, 6) is -0.743. The molecule has 1 aliphatic rings. The minimum absolute atomic E-state index is 0. The van der Waals surface area contributed by atoms with Crippen molar-refractivity contribution in [1.82, 2.24) is 5.32 Å². The summed E-state index contributed by atoms with van der Waals surface area (Å²) in [6.45, 7) is 0.373. The average Bonchev–Trinajstić information content (AvgIpc) is 2.69. The highest BCUT2D eigenvalue weighted by atomic mass is 35.5. The first-order valence-electron chi connectivity index (χ1n) is 9.19. The van der Waals surface area contributed by atoms with E-state index in [1.807, 2.05) is 0 Å². The molecule has 0 saturated heterocycles. The molecule has 2 amide bonds. The van der Waals surface area contributed by atoms with E-state index in [-0.39, 0.29) is 30.0 Å². The van der Waals surface area contributed by atoms with Crippen LogP contribution >= 0.6 is 12.4 Å². The Morgan fingerprint density at radius 2 is 1.57 bits per heavy atom. The maximum absolute atomic E-state index is 12.9. The number of hydrogen-bond acceptors (Lipinski definition) is 3. The molecule has 0 aromatic heterocycles. The molecule has 1 fully saturated rings. The SMILES string of the molecule is Cl.NC1(C(=O)NCc2ccc(C(=O)Nc3ccc(F)cc3)cc2)CCCCC1. The molecular weight excluding hydrogens is 381 g/mol. The van der Waals surface area contributed by atoms with E-state index in [2.05, 4.69) is 10.6 Å². The molecule has 5 nitrogen and oxygen atoms in total. The minimum Gasteiger partial charge on any atom is -0.350 e. The molecule has 2 aromatic carbocycles. The Bertz CT molecular complexity index is 803. The number of benzene rings is 2. The summed E-state index contributed by atoms with van der Waals surface area (Å²) in [6, 6.07) is 12.6. The summed E-state index contributed by atoms with van der Waals surface area (Å²) in [4.78, 5) is 24.6. The lowest BCUT2D eigenvalue weighted by Gasteiger charge is -2.31. The van der Waals surface area contributed by atoms with Crippen LogP contribution < -0.4 is 16.4 Å². The average molecular weight is 406 g/mol. The molecule has 4 N–H and O–H groups in total. The molecular formula is C21H25ClFN3O2. The van der Waals surface area contributed by atoms with E-state index in [9.17, 15) is 14.0 Å². The van der Waals surface area contributed by atoms with Crippen LogP contribution in [-0.2, 0) is 11.3 Å². The Hall–Kier alpha value is -2.44. The molecule has 0 radical (unpaired) electrons. The molecule has 0 unspecified atom stereocenters. The van der Waals surface area contributed by atoms with Crippen molar-refractivity contribution in [2.75, 3.05) is 5.32 Å². The van der Waals surface area contributed by atoms with Crippen LogP contribution in [0.25, 0.3) is 0 Å². The molecule has 1 saturated carbocycles. The van der Waals surface area contributed by atoms with Crippen LogP contribution in [-0.4, -0.2) is 17.4 Å². The molecule has 1 aliphatic carbocycles. The van der Waals surface area contributed by atoms with Gasteiger partial charge in [0.15, 0.2) is 0 Å². The van der Waals surface area contributed by atoms with Gasteiger partial charge >= 0.3 is 0 Å². The highest BCUT2D eigenvalue weighted by Crippen LogP contribution is 2.26. The fraction of sp³-hybridized carbons (Fsp3) is 0.333. The van der Waals surface area contributed by atoms with Crippen molar-refractivity contribution in [2.24, 2.45) is 5.73 Å². The number of carbonyl (C=O) groups is 2. The Balaban J connectivity index is 0.00000280. The largest absolute Gasteiger partial charge is 0.350 e. The fourth-order valence-electron chi connectivity index (χ4n) is 3.28. The number of rotatable bonds is 5. The standard InChI is InChI=1S/C21H24FN3O2.ClH/c22-17-8-10-18(11-9-17)25-19(26)16-6-4-15(5-7-16)14-24-20(27)21(23)12-2-1-3-13-21;/h4-11H,1-3,12-14,23H2,(H,24,27)(H,25,26);1H. The minimum atomic E-state index is -0.757. The van der Waals surface area contributed by atoms with Crippen molar-refractivity contribution in [3.05, 3.63) is 65.5 Å². The first kappa shape index (κ1) is 21.9. The van der Waals surface area contributed by atoms with E-state index in [1.165, 1.54) is 24.3 Å². The zero-order valence-electron chi connectivity index (χ0n) is 15.5.